The highest BCUT2D eigenvalue weighted by Crippen LogP contribution is 2.15. The van der Waals surface area contributed by atoms with E-state index in [1.807, 2.05) is 0 Å². The fourth-order valence-corrected chi connectivity index (χ4v) is 3.71. The van der Waals surface area contributed by atoms with Crippen LogP contribution in [0, 0.1) is 0 Å². The topological polar surface area (TPSA) is 66.9 Å². The SMILES string of the molecule is O=C1CCCCN(S(=O)(=O)N2CCOCC2)C1. The molecule has 0 aromatic carbocycles. The molecule has 2 fully saturated rings. The molecule has 0 N–H and O–H groups in total. The summed E-state index contributed by atoms with van der Waals surface area (Å²) in [6, 6.07) is 0. The summed E-state index contributed by atoms with van der Waals surface area (Å²) in [4.78, 5) is 11.5. The fraction of sp³-hybridized carbons (Fsp3) is 0.900. The van der Waals surface area contributed by atoms with Crippen LogP contribution >= 0.6 is 0 Å². The molecule has 2 aliphatic heterocycles. The van der Waals surface area contributed by atoms with E-state index in [-0.39, 0.29) is 12.3 Å². The monoisotopic (exact) mass is 262 g/mol. The highest BCUT2D eigenvalue weighted by molar-refractivity contribution is 7.86. The number of ketones is 1. The lowest BCUT2D eigenvalue weighted by atomic mass is 10.2. The first-order valence-electron chi connectivity index (χ1n) is 5.95. The molecule has 98 valence electrons. The van der Waals surface area contributed by atoms with Crippen molar-refractivity contribution in [2.45, 2.75) is 19.3 Å². The van der Waals surface area contributed by atoms with E-state index in [0.717, 1.165) is 12.8 Å². The summed E-state index contributed by atoms with van der Waals surface area (Å²) in [5.74, 6) is 0.0133. The summed E-state index contributed by atoms with van der Waals surface area (Å²) in [6.45, 7) is 2.10. The van der Waals surface area contributed by atoms with Gasteiger partial charge in [-0.25, -0.2) is 0 Å². The second kappa shape index (κ2) is 5.43. The summed E-state index contributed by atoms with van der Waals surface area (Å²) < 4.78 is 32.4. The van der Waals surface area contributed by atoms with Gasteiger partial charge in [-0.1, -0.05) is 0 Å². The van der Waals surface area contributed by atoms with Crippen molar-refractivity contribution < 1.29 is 17.9 Å². The van der Waals surface area contributed by atoms with Gasteiger partial charge in [0.1, 0.15) is 5.78 Å². The summed E-state index contributed by atoms with van der Waals surface area (Å²) >= 11 is 0. The van der Waals surface area contributed by atoms with Gasteiger partial charge in [0.15, 0.2) is 0 Å². The van der Waals surface area contributed by atoms with Gasteiger partial charge in [-0.05, 0) is 12.8 Å². The third-order valence-electron chi connectivity index (χ3n) is 3.09. The first-order chi connectivity index (χ1) is 8.10. The van der Waals surface area contributed by atoms with Crippen molar-refractivity contribution in [1.29, 1.82) is 0 Å². The summed E-state index contributed by atoms with van der Waals surface area (Å²) in [5, 5.41) is 0. The molecular formula is C10H18N2O4S. The quantitative estimate of drug-likeness (QED) is 0.680. The van der Waals surface area contributed by atoms with Gasteiger partial charge in [0, 0.05) is 26.1 Å². The standard InChI is InChI=1S/C10H18N2O4S/c13-10-3-1-2-4-12(9-10)17(14,15)11-5-7-16-8-6-11/h1-9H2. The van der Waals surface area contributed by atoms with Crippen LogP contribution in [0.5, 0.6) is 0 Å². The number of carbonyl (C=O) groups excluding carboxylic acids is 1. The Morgan fingerprint density at radius 3 is 2.41 bits per heavy atom. The Morgan fingerprint density at radius 1 is 1.00 bits per heavy atom. The average molecular weight is 262 g/mol. The van der Waals surface area contributed by atoms with Gasteiger partial charge >= 0.3 is 0 Å². The van der Waals surface area contributed by atoms with Crippen LogP contribution in [0.3, 0.4) is 0 Å². The van der Waals surface area contributed by atoms with Gasteiger partial charge in [-0.2, -0.15) is 17.0 Å². The lowest BCUT2D eigenvalue weighted by molar-refractivity contribution is -0.118. The van der Waals surface area contributed by atoms with Crippen LogP contribution in [0.2, 0.25) is 0 Å². The van der Waals surface area contributed by atoms with Crippen LogP contribution in [-0.4, -0.2) is 62.2 Å². The number of Topliss-reactive ketones (excluding diaryl/α,β-unsaturated/α-hetero) is 1. The molecule has 6 nitrogen and oxygen atoms in total. The van der Waals surface area contributed by atoms with Crippen molar-refractivity contribution in [3.8, 4) is 0 Å². The first-order valence-corrected chi connectivity index (χ1v) is 7.35. The summed E-state index contributed by atoms with van der Waals surface area (Å²) in [7, 11) is -3.48. The normalized spacial score (nSPS) is 25.8. The molecule has 0 saturated carbocycles. The van der Waals surface area contributed by atoms with E-state index in [9.17, 15) is 13.2 Å². The predicted octanol–water partition coefficient (Wildman–Crippen LogP) is -0.382. The number of hydrogen-bond donors (Lipinski definition) is 0. The zero-order chi connectivity index (χ0) is 12.3. The van der Waals surface area contributed by atoms with Gasteiger partial charge in [0.05, 0.1) is 19.8 Å². The lowest BCUT2D eigenvalue weighted by Crippen LogP contribution is -2.49. The molecule has 0 radical (unpaired) electrons. The van der Waals surface area contributed by atoms with Crippen LogP contribution in [0.4, 0.5) is 0 Å². The van der Waals surface area contributed by atoms with Crippen molar-refractivity contribution >= 4 is 16.0 Å². The number of rotatable bonds is 2. The van der Waals surface area contributed by atoms with E-state index < -0.39 is 10.2 Å². The van der Waals surface area contributed by atoms with E-state index in [2.05, 4.69) is 0 Å². The Morgan fingerprint density at radius 2 is 1.71 bits per heavy atom. The molecule has 2 saturated heterocycles. The highest BCUT2D eigenvalue weighted by atomic mass is 32.2. The lowest BCUT2D eigenvalue weighted by Gasteiger charge is -2.31. The molecule has 7 heteroatoms. The molecule has 0 spiro atoms. The van der Waals surface area contributed by atoms with E-state index >= 15 is 0 Å². The summed E-state index contributed by atoms with van der Waals surface area (Å²) in [5.41, 5.74) is 0. The molecular weight excluding hydrogens is 244 g/mol. The maximum absolute atomic E-state index is 12.3. The zero-order valence-electron chi connectivity index (χ0n) is 9.80. The van der Waals surface area contributed by atoms with Crippen molar-refractivity contribution in [3.63, 3.8) is 0 Å². The molecule has 0 unspecified atom stereocenters. The van der Waals surface area contributed by atoms with E-state index in [1.54, 1.807) is 0 Å². The molecule has 2 aliphatic rings. The van der Waals surface area contributed by atoms with Gasteiger partial charge < -0.3 is 4.74 Å². The zero-order valence-corrected chi connectivity index (χ0v) is 10.6. The summed E-state index contributed by atoms with van der Waals surface area (Å²) in [6.07, 6.45) is 2.04. The van der Waals surface area contributed by atoms with E-state index in [1.165, 1.54) is 8.61 Å². The molecule has 2 heterocycles. The highest BCUT2D eigenvalue weighted by Gasteiger charge is 2.32. The largest absolute Gasteiger partial charge is 0.379 e. The van der Waals surface area contributed by atoms with Gasteiger partial charge in [-0.15, -0.1) is 0 Å². The van der Waals surface area contributed by atoms with Gasteiger partial charge in [-0.3, -0.25) is 4.79 Å². The van der Waals surface area contributed by atoms with Crippen molar-refractivity contribution in [3.05, 3.63) is 0 Å². The van der Waals surface area contributed by atoms with Crippen molar-refractivity contribution in [1.82, 2.24) is 8.61 Å². The minimum atomic E-state index is -3.48. The third-order valence-corrected chi connectivity index (χ3v) is 5.07. The van der Waals surface area contributed by atoms with Crippen LogP contribution < -0.4 is 0 Å². The minimum Gasteiger partial charge on any atom is -0.379 e. The Bertz CT molecular complexity index is 376. The smallest absolute Gasteiger partial charge is 0.282 e. The number of morpholine rings is 1. The van der Waals surface area contributed by atoms with E-state index in [4.69, 9.17) is 4.74 Å². The molecule has 0 aliphatic carbocycles. The van der Waals surface area contributed by atoms with Gasteiger partial charge in [0.2, 0.25) is 0 Å². The minimum absolute atomic E-state index is 0.0133. The average Bonchev–Trinajstić information content (AvgIpc) is 2.55. The molecule has 0 aromatic rings. The fourth-order valence-electron chi connectivity index (χ4n) is 2.10. The maximum atomic E-state index is 12.3. The van der Waals surface area contributed by atoms with E-state index in [0.29, 0.717) is 39.3 Å². The number of carbonyl (C=O) groups is 1. The van der Waals surface area contributed by atoms with Crippen LogP contribution in [0.1, 0.15) is 19.3 Å². The third kappa shape index (κ3) is 3.04. The van der Waals surface area contributed by atoms with Crippen LogP contribution in [0.25, 0.3) is 0 Å². The molecule has 0 aromatic heterocycles. The molecule has 0 atom stereocenters. The molecule has 17 heavy (non-hydrogen) atoms. The Hall–Kier alpha value is -0.500. The molecule has 0 amide bonds. The van der Waals surface area contributed by atoms with Crippen molar-refractivity contribution in [2.24, 2.45) is 0 Å². The second-order valence-electron chi connectivity index (χ2n) is 4.35. The molecule has 2 rings (SSSR count). The Kier molecular flexibility index (Phi) is 4.13. The Balaban J connectivity index is 2.09. The van der Waals surface area contributed by atoms with Crippen molar-refractivity contribution in [2.75, 3.05) is 39.4 Å². The molecule has 0 bridgehead atoms. The number of hydrogen-bond acceptors (Lipinski definition) is 4. The first kappa shape index (κ1) is 12.9. The van der Waals surface area contributed by atoms with Crippen LogP contribution in [-0.2, 0) is 19.7 Å². The maximum Gasteiger partial charge on any atom is 0.282 e. The van der Waals surface area contributed by atoms with Crippen LogP contribution in [0.15, 0.2) is 0 Å². The number of nitrogens with zero attached hydrogens (tertiary/aromatic N) is 2. The predicted molar refractivity (Wildman–Crippen MR) is 61.7 cm³/mol. The number of ether oxygens (including phenoxy) is 1. The van der Waals surface area contributed by atoms with Gasteiger partial charge in [0.25, 0.3) is 10.2 Å². The Labute approximate surface area is 102 Å². The second-order valence-corrected chi connectivity index (χ2v) is 6.28.